The van der Waals surface area contributed by atoms with Crippen LogP contribution in [0.2, 0.25) is 0 Å². The van der Waals surface area contributed by atoms with Gasteiger partial charge in [-0.05, 0) is 13.3 Å². The van der Waals surface area contributed by atoms with Gasteiger partial charge in [0.25, 0.3) is 5.56 Å². The predicted octanol–water partition coefficient (Wildman–Crippen LogP) is 1.91. The van der Waals surface area contributed by atoms with Gasteiger partial charge in [-0.15, -0.1) is 11.8 Å². The number of aryl methyl sites for hydroxylation is 1. The van der Waals surface area contributed by atoms with E-state index in [1.165, 1.54) is 5.75 Å². The van der Waals surface area contributed by atoms with Crippen molar-refractivity contribution >= 4 is 23.5 Å². The molecular formula is C13H20N2O2S2. The summed E-state index contributed by atoms with van der Waals surface area (Å²) >= 11 is 3.85. The van der Waals surface area contributed by atoms with Crippen molar-refractivity contribution in [1.29, 1.82) is 0 Å². The van der Waals surface area contributed by atoms with Gasteiger partial charge in [-0.25, -0.2) is 4.98 Å². The fraction of sp³-hybridized carbons (Fsp3) is 0.692. The Morgan fingerprint density at radius 3 is 2.79 bits per heavy atom. The second-order valence-corrected chi connectivity index (χ2v) is 7.19. The number of thioether (sulfide) groups is 2. The van der Waals surface area contributed by atoms with Gasteiger partial charge < -0.3 is 10.1 Å². The number of aromatic nitrogens is 2. The summed E-state index contributed by atoms with van der Waals surface area (Å²) in [6, 6.07) is 0. The molecule has 1 fully saturated rings. The first-order valence-corrected chi connectivity index (χ1v) is 8.70. The van der Waals surface area contributed by atoms with Crippen molar-refractivity contribution in [2.24, 2.45) is 0 Å². The summed E-state index contributed by atoms with van der Waals surface area (Å²) in [5.74, 6) is 3.08. The number of rotatable bonds is 4. The van der Waals surface area contributed by atoms with Gasteiger partial charge in [-0.3, -0.25) is 4.79 Å². The molecule has 2 heterocycles. The van der Waals surface area contributed by atoms with Crippen LogP contribution in [0, 0.1) is 6.92 Å². The lowest BCUT2D eigenvalue weighted by atomic mass is 10.1. The number of aliphatic hydroxyl groups excluding tert-OH is 1. The van der Waals surface area contributed by atoms with Crippen molar-refractivity contribution in [1.82, 2.24) is 9.97 Å². The molecule has 2 N–H and O–H groups in total. The zero-order chi connectivity index (χ0) is 13.8. The van der Waals surface area contributed by atoms with Crippen molar-refractivity contribution in [2.75, 3.05) is 18.1 Å². The molecule has 1 aromatic rings. The molecule has 0 amide bonds. The third-order valence-electron chi connectivity index (χ3n) is 3.32. The number of hydrogen-bond donors (Lipinski definition) is 2. The van der Waals surface area contributed by atoms with E-state index in [-0.39, 0.29) is 17.4 Å². The standard InChI is InChI=1S/C13H20N2O2S2/c1-3-10-11(19-7-6-18-10)12-14-8(2)9(4-5-16)13(17)15-12/h10-11,16H,3-7H2,1-2H3,(H,14,15,17). The van der Waals surface area contributed by atoms with E-state index in [2.05, 4.69) is 16.9 Å². The highest BCUT2D eigenvalue weighted by atomic mass is 32.2. The number of hydrogen-bond acceptors (Lipinski definition) is 5. The van der Waals surface area contributed by atoms with E-state index in [4.69, 9.17) is 5.11 Å². The van der Waals surface area contributed by atoms with Crippen molar-refractivity contribution in [3.8, 4) is 0 Å². The van der Waals surface area contributed by atoms with Crippen LogP contribution in [0.15, 0.2) is 4.79 Å². The maximum atomic E-state index is 12.1. The molecule has 0 bridgehead atoms. The largest absolute Gasteiger partial charge is 0.396 e. The smallest absolute Gasteiger partial charge is 0.254 e. The highest BCUT2D eigenvalue weighted by molar-refractivity contribution is 8.06. The lowest BCUT2D eigenvalue weighted by molar-refractivity contribution is 0.298. The molecule has 2 unspecified atom stereocenters. The van der Waals surface area contributed by atoms with Crippen LogP contribution in [-0.4, -0.2) is 38.4 Å². The molecule has 0 aliphatic carbocycles. The van der Waals surface area contributed by atoms with Crippen LogP contribution in [-0.2, 0) is 6.42 Å². The molecule has 0 spiro atoms. The van der Waals surface area contributed by atoms with E-state index in [0.717, 1.165) is 23.7 Å². The normalized spacial score (nSPS) is 23.5. The summed E-state index contributed by atoms with van der Waals surface area (Å²) in [7, 11) is 0. The number of nitrogens with one attached hydrogen (secondary N) is 1. The molecule has 19 heavy (non-hydrogen) atoms. The quantitative estimate of drug-likeness (QED) is 0.889. The average Bonchev–Trinajstić information content (AvgIpc) is 2.42. The Morgan fingerprint density at radius 1 is 1.42 bits per heavy atom. The molecule has 0 radical (unpaired) electrons. The minimum absolute atomic E-state index is 0.0173. The Hall–Kier alpha value is -0.460. The summed E-state index contributed by atoms with van der Waals surface area (Å²) < 4.78 is 0. The van der Waals surface area contributed by atoms with E-state index >= 15 is 0 Å². The Balaban J connectivity index is 2.32. The molecule has 0 aromatic carbocycles. The monoisotopic (exact) mass is 300 g/mol. The lowest BCUT2D eigenvalue weighted by Crippen LogP contribution is -2.26. The van der Waals surface area contributed by atoms with E-state index < -0.39 is 0 Å². The van der Waals surface area contributed by atoms with Crippen LogP contribution >= 0.6 is 23.5 Å². The summed E-state index contributed by atoms with van der Waals surface area (Å²) in [6.07, 6.45) is 1.46. The Bertz CT molecular complexity index is 490. The van der Waals surface area contributed by atoms with E-state index in [1.54, 1.807) is 0 Å². The molecule has 1 saturated heterocycles. The SMILES string of the molecule is CCC1SCCSC1c1nc(C)c(CCO)c(=O)[nH]1. The number of aromatic amines is 1. The second kappa shape index (κ2) is 6.81. The van der Waals surface area contributed by atoms with Gasteiger partial charge >= 0.3 is 0 Å². The molecule has 2 rings (SSSR count). The summed E-state index contributed by atoms with van der Waals surface area (Å²) in [6.45, 7) is 4.02. The number of nitrogens with zero attached hydrogens (tertiary/aromatic N) is 1. The maximum Gasteiger partial charge on any atom is 0.254 e. The Morgan fingerprint density at radius 2 is 2.16 bits per heavy atom. The zero-order valence-corrected chi connectivity index (χ0v) is 12.9. The van der Waals surface area contributed by atoms with E-state index in [1.807, 2.05) is 30.4 Å². The van der Waals surface area contributed by atoms with Gasteiger partial charge in [0.2, 0.25) is 0 Å². The molecule has 4 nitrogen and oxygen atoms in total. The van der Waals surface area contributed by atoms with Gasteiger partial charge in [0.05, 0.1) is 5.25 Å². The predicted molar refractivity (Wildman–Crippen MR) is 82.1 cm³/mol. The summed E-state index contributed by atoms with van der Waals surface area (Å²) in [5.41, 5.74) is 1.26. The molecule has 1 aliphatic heterocycles. The summed E-state index contributed by atoms with van der Waals surface area (Å²) in [4.78, 5) is 19.6. The minimum Gasteiger partial charge on any atom is -0.396 e. The van der Waals surface area contributed by atoms with Gasteiger partial charge in [-0.1, -0.05) is 6.92 Å². The van der Waals surface area contributed by atoms with Crippen LogP contribution in [0.25, 0.3) is 0 Å². The number of H-pyrrole nitrogens is 1. The minimum atomic E-state index is -0.0948. The second-order valence-electron chi connectivity index (χ2n) is 4.60. The van der Waals surface area contributed by atoms with Crippen molar-refractivity contribution < 1.29 is 5.11 Å². The first kappa shape index (κ1) is 14.9. The molecule has 0 saturated carbocycles. The van der Waals surface area contributed by atoms with E-state index in [0.29, 0.717) is 17.2 Å². The zero-order valence-electron chi connectivity index (χ0n) is 11.3. The van der Waals surface area contributed by atoms with Crippen LogP contribution in [0.1, 0.15) is 35.7 Å². The van der Waals surface area contributed by atoms with Crippen LogP contribution in [0.3, 0.4) is 0 Å². The maximum absolute atomic E-state index is 12.1. The fourth-order valence-electron chi connectivity index (χ4n) is 2.33. The van der Waals surface area contributed by atoms with E-state index in [9.17, 15) is 4.79 Å². The third-order valence-corrected chi connectivity index (χ3v) is 6.58. The van der Waals surface area contributed by atoms with Gasteiger partial charge in [0, 0.05) is 41.0 Å². The summed E-state index contributed by atoms with van der Waals surface area (Å²) in [5, 5.41) is 9.77. The van der Waals surface area contributed by atoms with Gasteiger partial charge in [-0.2, -0.15) is 11.8 Å². The Labute approximate surface area is 121 Å². The van der Waals surface area contributed by atoms with Gasteiger partial charge in [0.1, 0.15) is 5.82 Å². The first-order chi connectivity index (χ1) is 9.17. The topological polar surface area (TPSA) is 66.0 Å². The van der Waals surface area contributed by atoms with Crippen LogP contribution in [0.4, 0.5) is 0 Å². The third kappa shape index (κ3) is 3.35. The first-order valence-electron chi connectivity index (χ1n) is 6.61. The van der Waals surface area contributed by atoms with Crippen molar-refractivity contribution in [3.05, 3.63) is 27.4 Å². The molecule has 1 aromatic heterocycles. The molecule has 2 atom stereocenters. The molecule has 6 heteroatoms. The average molecular weight is 300 g/mol. The highest BCUT2D eigenvalue weighted by Gasteiger charge is 2.28. The lowest BCUT2D eigenvalue weighted by Gasteiger charge is -2.29. The van der Waals surface area contributed by atoms with Crippen molar-refractivity contribution in [3.63, 3.8) is 0 Å². The molecular weight excluding hydrogens is 280 g/mol. The molecule has 106 valence electrons. The van der Waals surface area contributed by atoms with Crippen LogP contribution < -0.4 is 5.56 Å². The highest BCUT2D eigenvalue weighted by Crippen LogP contribution is 2.42. The fourth-order valence-corrected chi connectivity index (χ4v) is 5.34. The molecule has 1 aliphatic rings. The van der Waals surface area contributed by atoms with Crippen LogP contribution in [0.5, 0.6) is 0 Å². The van der Waals surface area contributed by atoms with Gasteiger partial charge in [0.15, 0.2) is 0 Å². The number of aliphatic hydroxyl groups is 1. The van der Waals surface area contributed by atoms with Crippen molar-refractivity contribution in [2.45, 2.75) is 37.2 Å². The Kier molecular flexibility index (Phi) is 5.36.